The molecule has 2 aliphatic heterocycles. The van der Waals surface area contributed by atoms with Gasteiger partial charge >= 0.3 is 0 Å². The summed E-state index contributed by atoms with van der Waals surface area (Å²) in [5.74, 6) is 0.0384. The molecule has 25 heavy (non-hydrogen) atoms. The van der Waals surface area contributed by atoms with E-state index in [0.29, 0.717) is 44.8 Å². The van der Waals surface area contributed by atoms with Crippen LogP contribution >= 0.6 is 0 Å². The fraction of sp³-hybridized carbons (Fsp3) is 0.647. The van der Waals surface area contributed by atoms with Gasteiger partial charge in [-0.1, -0.05) is 0 Å². The number of rotatable bonds is 3. The van der Waals surface area contributed by atoms with Crippen molar-refractivity contribution in [3.63, 3.8) is 0 Å². The molecule has 0 N–H and O–H groups in total. The van der Waals surface area contributed by atoms with Crippen molar-refractivity contribution in [3.05, 3.63) is 29.6 Å². The zero-order chi connectivity index (χ0) is 18.0. The molecular formula is C17H25N3O4S. The van der Waals surface area contributed by atoms with Crippen molar-refractivity contribution in [2.75, 3.05) is 38.6 Å². The van der Waals surface area contributed by atoms with Gasteiger partial charge in [0.1, 0.15) is 0 Å². The van der Waals surface area contributed by atoms with Gasteiger partial charge in [0.15, 0.2) is 0 Å². The van der Waals surface area contributed by atoms with E-state index in [9.17, 15) is 13.2 Å². The molecule has 0 saturated carbocycles. The van der Waals surface area contributed by atoms with E-state index in [4.69, 9.17) is 4.74 Å². The number of likely N-dealkylation sites (tertiary alicyclic amines) is 1. The number of aromatic nitrogens is 1. The molecule has 7 nitrogen and oxygen atoms in total. The Labute approximate surface area is 149 Å². The van der Waals surface area contributed by atoms with Crippen LogP contribution in [0.1, 0.15) is 29.3 Å². The predicted octanol–water partition coefficient (Wildman–Crippen LogP) is 0.903. The molecule has 0 spiro atoms. The Morgan fingerprint density at radius 1 is 1.36 bits per heavy atom. The van der Waals surface area contributed by atoms with Gasteiger partial charge in [0.2, 0.25) is 10.0 Å². The molecule has 2 unspecified atom stereocenters. The molecule has 8 heteroatoms. The summed E-state index contributed by atoms with van der Waals surface area (Å²) >= 11 is 0. The molecule has 1 amide bonds. The lowest BCUT2D eigenvalue weighted by Crippen LogP contribution is -2.54. The Balaban J connectivity index is 1.77. The van der Waals surface area contributed by atoms with E-state index in [2.05, 4.69) is 4.98 Å². The Kier molecular flexibility index (Phi) is 5.41. The average Bonchev–Trinajstić information content (AvgIpc) is 2.83. The van der Waals surface area contributed by atoms with Gasteiger partial charge in [-0.25, -0.2) is 8.42 Å². The van der Waals surface area contributed by atoms with Crippen molar-refractivity contribution >= 4 is 15.9 Å². The molecule has 3 heterocycles. The Hall–Kier alpha value is -1.51. The fourth-order valence-electron chi connectivity index (χ4n) is 3.67. The number of aryl methyl sites for hydroxylation is 1. The third kappa shape index (κ3) is 3.86. The normalized spacial score (nSPS) is 25.3. The minimum absolute atomic E-state index is 0.000654. The van der Waals surface area contributed by atoms with E-state index in [1.165, 1.54) is 0 Å². The minimum atomic E-state index is -3.27. The Morgan fingerprint density at radius 2 is 2.16 bits per heavy atom. The molecule has 2 saturated heterocycles. The molecule has 0 radical (unpaired) electrons. The standard InChI is InChI=1S/C17H25N3O4S/c1-3-25(22,23)20-6-7-24-12-15-11-19(5-4-16(15)20)17(21)14-8-13(2)9-18-10-14/h8-10,15-16H,3-7,11-12H2,1-2H3. The minimum Gasteiger partial charge on any atom is -0.380 e. The third-order valence-electron chi connectivity index (χ3n) is 4.98. The monoisotopic (exact) mass is 367 g/mol. The Bertz CT molecular complexity index is 737. The van der Waals surface area contributed by atoms with Crippen molar-refractivity contribution in [3.8, 4) is 0 Å². The highest BCUT2D eigenvalue weighted by atomic mass is 32.2. The van der Waals surface area contributed by atoms with Crippen molar-refractivity contribution < 1.29 is 17.9 Å². The number of fused-ring (bicyclic) bond motifs is 1. The van der Waals surface area contributed by atoms with Gasteiger partial charge in [0.05, 0.1) is 24.5 Å². The van der Waals surface area contributed by atoms with Crippen LogP contribution in [0.2, 0.25) is 0 Å². The van der Waals surface area contributed by atoms with Crippen molar-refractivity contribution in [2.24, 2.45) is 5.92 Å². The van der Waals surface area contributed by atoms with Crippen LogP contribution in [-0.4, -0.2) is 73.2 Å². The zero-order valence-corrected chi connectivity index (χ0v) is 15.5. The summed E-state index contributed by atoms with van der Waals surface area (Å²) in [5.41, 5.74) is 1.52. The van der Waals surface area contributed by atoms with Crippen LogP contribution in [0.25, 0.3) is 0 Å². The van der Waals surface area contributed by atoms with Crippen molar-refractivity contribution in [1.29, 1.82) is 0 Å². The maximum atomic E-state index is 12.8. The van der Waals surface area contributed by atoms with Gasteiger partial charge in [0, 0.05) is 44.0 Å². The lowest BCUT2D eigenvalue weighted by molar-refractivity contribution is 0.0466. The largest absolute Gasteiger partial charge is 0.380 e. The molecule has 1 aromatic rings. The second-order valence-corrected chi connectivity index (χ2v) is 8.91. The molecular weight excluding hydrogens is 342 g/mol. The number of carbonyl (C=O) groups is 1. The predicted molar refractivity (Wildman–Crippen MR) is 93.8 cm³/mol. The van der Waals surface area contributed by atoms with Crippen LogP contribution in [0.3, 0.4) is 0 Å². The molecule has 0 aliphatic carbocycles. The lowest BCUT2D eigenvalue weighted by Gasteiger charge is -2.41. The number of piperidine rings is 1. The van der Waals surface area contributed by atoms with Crippen LogP contribution in [0.4, 0.5) is 0 Å². The molecule has 2 fully saturated rings. The van der Waals surface area contributed by atoms with E-state index < -0.39 is 10.0 Å². The van der Waals surface area contributed by atoms with Gasteiger partial charge in [-0.2, -0.15) is 4.31 Å². The van der Waals surface area contributed by atoms with Crippen LogP contribution in [0.5, 0.6) is 0 Å². The number of hydrogen-bond donors (Lipinski definition) is 0. The molecule has 2 atom stereocenters. The van der Waals surface area contributed by atoms with Gasteiger partial charge in [-0.05, 0) is 31.9 Å². The first-order chi connectivity index (χ1) is 11.9. The summed E-state index contributed by atoms with van der Waals surface area (Å²) in [5, 5.41) is 0. The van der Waals surface area contributed by atoms with Gasteiger partial charge in [-0.3, -0.25) is 9.78 Å². The second-order valence-electron chi connectivity index (χ2n) is 6.70. The maximum absolute atomic E-state index is 12.8. The fourth-order valence-corrected chi connectivity index (χ4v) is 5.04. The Morgan fingerprint density at radius 3 is 2.88 bits per heavy atom. The van der Waals surface area contributed by atoms with E-state index >= 15 is 0 Å². The van der Waals surface area contributed by atoms with Crippen LogP contribution < -0.4 is 0 Å². The van der Waals surface area contributed by atoms with Crippen LogP contribution in [0.15, 0.2) is 18.5 Å². The lowest BCUT2D eigenvalue weighted by atomic mass is 9.92. The zero-order valence-electron chi connectivity index (χ0n) is 14.7. The van der Waals surface area contributed by atoms with Gasteiger partial charge < -0.3 is 9.64 Å². The quantitative estimate of drug-likeness (QED) is 0.793. The number of carbonyl (C=O) groups excluding carboxylic acids is 1. The van der Waals surface area contributed by atoms with Gasteiger partial charge in [0.25, 0.3) is 5.91 Å². The summed E-state index contributed by atoms with van der Waals surface area (Å²) in [4.78, 5) is 18.6. The maximum Gasteiger partial charge on any atom is 0.255 e. The summed E-state index contributed by atoms with van der Waals surface area (Å²) < 4.78 is 32.1. The summed E-state index contributed by atoms with van der Waals surface area (Å²) in [6.07, 6.45) is 3.94. The number of ether oxygens (including phenoxy) is 1. The number of sulfonamides is 1. The van der Waals surface area contributed by atoms with Gasteiger partial charge in [-0.15, -0.1) is 0 Å². The first kappa shape index (κ1) is 18.3. The molecule has 2 aliphatic rings. The summed E-state index contributed by atoms with van der Waals surface area (Å²) in [6, 6.07) is 1.74. The van der Waals surface area contributed by atoms with E-state index in [0.717, 1.165) is 5.56 Å². The number of nitrogens with zero attached hydrogens (tertiary/aromatic N) is 3. The summed E-state index contributed by atoms with van der Waals surface area (Å²) in [7, 11) is -3.27. The molecule has 1 aromatic heterocycles. The first-order valence-corrected chi connectivity index (χ1v) is 10.3. The highest BCUT2D eigenvalue weighted by Gasteiger charge is 2.40. The van der Waals surface area contributed by atoms with Crippen molar-refractivity contribution in [2.45, 2.75) is 26.3 Å². The highest BCUT2D eigenvalue weighted by molar-refractivity contribution is 7.89. The second kappa shape index (κ2) is 7.39. The molecule has 3 rings (SSSR count). The van der Waals surface area contributed by atoms with Crippen LogP contribution in [-0.2, 0) is 14.8 Å². The smallest absolute Gasteiger partial charge is 0.255 e. The summed E-state index contributed by atoms with van der Waals surface area (Å²) in [6.45, 7) is 5.91. The SMILES string of the molecule is CCS(=O)(=O)N1CCOCC2CN(C(=O)c3cncc(C)c3)CCC21. The third-order valence-corrected chi connectivity index (χ3v) is 6.88. The van der Waals surface area contributed by atoms with E-state index in [1.54, 1.807) is 28.5 Å². The van der Waals surface area contributed by atoms with Crippen LogP contribution in [0, 0.1) is 12.8 Å². The molecule has 0 bridgehead atoms. The first-order valence-electron chi connectivity index (χ1n) is 8.70. The number of pyridine rings is 1. The number of hydrogen-bond acceptors (Lipinski definition) is 5. The topological polar surface area (TPSA) is 79.8 Å². The number of amides is 1. The molecule has 0 aromatic carbocycles. The van der Waals surface area contributed by atoms with E-state index in [1.807, 2.05) is 13.0 Å². The van der Waals surface area contributed by atoms with Crippen molar-refractivity contribution in [1.82, 2.24) is 14.2 Å². The molecule has 138 valence electrons. The van der Waals surface area contributed by atoms with E-state index in [-0.39, 0.29) is 23.6 Å². The average molecular weight is 367 g/mol. The highest BCUT2D eigenvalue weighted by Crippen LogP contribution is 2.28.